The van der Waals surface area contributed by atoms with E-state index >= 15 is 0 Å². The van der Waals surface area contributed by atoms with Crippen LogP contribution in [0.4, 0.5) is 0 Å². The third kappa shape index (κ3) is 7.52. The molecule has 1 aromatic rings. The van der Waals surface area contributed by atoms with Crippen LogP contribution in [-0.2, 0) is 22.7 Å². The van der Waals surface area contributed by atoms with Gasteiger partial charge in [0.05, 0.1) is 18.2 Å². The predicted octanol–water partition coefficient (Wildman–Crippen LogP) is 1.74. The van der Waals surface area contributed by atoms with E-state index in [1.54, 1.807) is 13.8 Å². The van der Waals surface area contributed by atoms with Crippen LogP contribution in [0.25, 0.3) is 0 Å². The number of benzene rings is 1. The Bertz CT molecular complexity index is 549. The van der Waals surface area contributed by atoms with Gasteiger partial charge in [0.2, 0.25) is 0 Å². The molecule has 6 nitrogen and oxygen atoms in total. The first-order chi connectivity index (χ1) is 11.8. The zero-order valence-electron chi connectivity index (χ0n) is 15.2. The summed E-state index contributed by atoms with van der Waals surface area (Å²) < 4.78 is 0. The Morgan fingerprint density at radius 1 is 1.28 bits per heavy atom. The van der Waals surface area contributed by atoms with Crippen molar-refractivity contribution in [3.05, 3.63) is 35.4 Å². The molecule has 0 bridgehead atoms. The number of piperidine rings is 1. The molecular formula is C19H30N2O4. The first-order valence-electron chi connectivity index (χ1n) is 8.95. The summed E-state index contributed by atoms with van der Waals surface area (Å²) in [5.41, 5.74) is 4.15. The summed E-state index contributed by atoms with van der Waals surface area (Å²) in [6.45, 7) is 6.41. The summed E-state index contributed by atoms with van der Waals surface area (Å²) >= 11 is 0. The standard InChI is InChI=1S/C19H30N2O4/c1-19(2,24)10-7-18(23)25-20-13-15-5-3-4-6-16(15)14-21-11-8-17(22)9-12-21/h3-6,17,20,22,24H,7-14H2,1-2H3. The second kappa shape index (κ2) is 9.29. The van der Waals surface area contributed by atoms with Gasteiger partial charge in [-0.2, -0.15) is 0 Å². The average Bonchev–Trinajstić information content (AvgIpc) is 2.56. The second-order valence-corrected chi connectivity index (χ2v) is 7.38. The number of nitrogens with zero attached hydrogens (tertiary/aromatic N) is 1. The summed E-state index contributed by atoms with van der Waals surface area (Å²) in [6, 6.07) is 8.08. The molecule has 1 aliphatic heterocycles. The Morgan fingerprint density at radius 2 is 1.92 bits per heavy atom. The highest BCUT2D eigenvalue weighted by atomic mass is 16.7. The van der Waals surface area contributed by atoms with E-state index in [1.165, 1.54) is 5.56 Å². The van der Waals surface area contributed by atoms with Gasteiger partial charge in [-0.3, -0.25) is 9.69 Å². The van der Waals surface area contributed by atoms with Gasteiger partial charge in [-0.1, -0.05) is 24.3 Å². The number of hydrogen-bond acceptors (Lipinski definition) is 6. The van der Waals surface area contributed by atoms with Crippen LogP contribution in [0, 0.1) is 0 Å². The number of likely N-dealkylation sites (tertiary alicyclic amines) is 1. The van der Waals surface area contributed by atoms with E-state index in [2.05, 4.69) is 16.4 Å². The number of carbonyl (C=O) groups is 1. The van der Waals surface area contributed by atoms with Crippen molar-refractivity contribution in [2.45, 2.75) is 64.3 Å². The molecule has 25 heavy (non-hydrogen) atoms. The topological polar surface area (TPSA) is 82.0 Å². The third-order valence-electron chi connectivity index (χ3n) is 4.46. The van der Waals surface area contributed by atoms with Crippen molar-refractivity contribution in [2.75, 3.05) is 13.1 Å². The van der Waals surface area contributed by atoms with Crippen LogP contribution in [-0.4, -0.2) is 45.9 Å². The zero-order valence-corrected chi connectivity index (χ0v) is 15.2. The van der Waals surface area contributed by atoms with E-state index in [-0.39, 0.29) is 18.5 Å². The van der Waals surface area contributed by atoms with E-state index in [0.29, 0.717) is 13.0 Å². The average molecular weight is 350 g/mol. The first kappa shape index (κ1) is 19.8. The molecular weight excluding hydrogens is 320 g/mol. The number of aliphatic hydroxyl groups excluding tert-OH is 1. The van der Waals surface area contributed by atoms with Crippen molar-refractivity contribution in [3.8, 4) is 0 Å². The lowest BCUT2D eigenvalue weighted by Crippen LogP contribution is -2.35. The van der Waals surface area contributed by atoms with Gasteiger partial charge in [-0.05, 0) is 44.2 Å². The lowest BCUT2D eigenvalue weighted by Gasteiger charge is -2.30. The van der Waals surface area contributed by atoms with Crippen LogP contribution in [0.1, 0.15) is 50.7 Å². The summed E-state index contributed by atoms with van der Waals surface area (Å²) in [4.78, 5) is 19.1. The van der Waals surface area contributed by atoms with Crippen molar-refractivity contribution < 1.29 is 19.8 Å². The molecule has 2 rings (SSSR count). The highest BCUT2D eigenvalue weighted by Crippen LogP contribution is 2.16. The van der Waals surface area contributed by atoms with Crippen LogP contribution >= 0.6 is 0 Å². The lowest BCUT2D eigenvalue weighted by atomic mass is 10.0. The molecule has 0 unspecified atom stereocenters. The largest absolute Gasteiger partial charge is 0.393 e. The maximum absolute atomic E-state index is 11.7. The SMILES string of the molecule is CC(C)(O)CCC(=O)ONCc1ccccc1CN1CCC(O)CC1. The predicted molar refractivity (Wildman–Crippen MR) is 95.4 cm³/mol. The first-order valence-corrected chi connectivity index (χ1v) is 8.95. The second-order valence-electron chi connectivity index (χ2n) is 7.38. The Hall–Kier alpha value is -1.47. The molecule has 0 atom stereocenters. The molecule has 3 N–H and O–H groups in total. The number of aliphatic hydroxyl groups is 2. The fourth-order valence-corrected chi connectivity index (χ4v) is 2.86. The van der Waals surface area contributed by atoms with E-state index in [1.807, 2.05) is 18.2 Å². The van der Waals surface area contributed by atoms with E-state index in [0.717, 1.165) is 38.0 Å². The third-order valence-corrected chi connectivity index (χ3v) is 4.46. The van der Waals surface area contributed by atoms with Crippen LogP contribution in [0.5, 0.6) is 0 Å². The van der Waals surface area contributed by atoms with Gasteiger partial charge in [0.25, 0.3) is 0 Å². The molecule has 140 valence electrons. The van der Waals surface area contributed by atoms with Crippen molar-refractivity contribution in [1.82, 2.24) is 10.4 Å². The quantitative estimate of drug-likeness (QED) is 0.620. The minimum atomic E-state index is -0.867. The summed E-state index contributed by atoms with van der Waals surface area (Å²) in [7, 11) is 0. The minimum Gasteiger partial charge on any atom is -0.393 e. The molecule has 0 saturated carbocycles. The Labute approximate surface area is 149 Å². The van der Waals surface area contributed by atoms with E-state index in [9.17, 15) is 15.0 Å². The highest BCUT2D eigenvalue weighted by molar-refractivity contribution is 5.69. The van der Waals surface area contributed by atoms with Crippen molar-refractivity contribution in [2.24, 2.45) is 0 Å². The number of hydroxylamine groups is 1. The Morgan fingerprint density at radius 3 is 2.56 bits per heavy atom. The van der Waals surface area contributed by atoms with Crippen LogP contribution in [0.3, 0.4) is 0 Å². The summed E-state index contributed by atoms with van der Waals surface area (Å²) in [5, 5.41) is 19.2. The number of rotatable bonds is 8. The number of carbonyl (C=O) groups excluding carboxylic acids is 1. The summed E-state index contributed by atoms with van der Waals surface area (Å²) in [6.07, 6.45) is 2.01. The molecule has 1 aromatic carbocycles. The van der Waals surface area contributed by atoms with Gasteiger partial charge in [0, 0.05) is 26.1 Å². The lowest BCUT2D eigenvalue weighted by molar-refractivity contribution is -0.152. The monoisotopic (exact) mass is 350 g/mol. The normalized spacial score (nSPS) is 16.8. The molecule has 6 heteroatoms. The molecule has 1 fully saturated rings. The molecule has 0 radical (unpaired) electrons. The Balaban J connectivity index is 1.79. The molecule has 1 saturated heterocycles. The fraction of sp³-hybridized carbons (Fsp3) is 0.632. The zero-order chi connectivity index (χ0) is 18.3. The molecule has 0 aliphatic carbocycles. The van der Waals surface area contributed by atoms with Gasteiger partial charge in [0.1, 0.15) is 0 Å². The maximum Gasteiger partial charge on any atom is 0.324 e. The Kier molecular flexibility index (Phi) is 7.38. The van der Waals surface area contributed by atoms with Crippen LogP contribution in [0.15, 0.2) is 24.3 Å². The molecule has 1 aliphatic rings. The smallest absolute Gasteiger partial charge is 0.324 e. The van der Waals surface area contributed by atoms with Crippen molar-refractivity contribution in [1.29, 1.82) is 0 Å². The van der Waals surface area contributed by atoms with E-state index < -0.39 is 5.60 Å². The van der Waals surface area contributed by atoms with Crippen molar-refractivity contribution >= 4 is 5.97 Å². The summed E-state index contributed by atoms with van der Waals surface area (Å²) in [5.74, 6) is -0.371. The van der Waals surface area contributed by atoms with Gasteiger partial charge >= 0.3 is 5.97 Å². The highest BCUT2D eigenvalue weighted by Gasteiger charge is 2.18. The van der Waals surface area contributed by atoms with E-state index in [4.69, 9.17) is 4.84 Å². The maximum atomic E-state index is 11.7. The molecule has 0 spiro atoms. The minimum absolute atomic E-state index is 0.170. The molecule has 0 aromatic heterocycles. The van der Waals surface area contributed by atoms with Crippen molar-refractivity contribution in [3.63, 3.8) is 0 Å². The number of nitrogens with one attached hydrogen (secondary N) is 1. The van der Waals surface area contributed by atoms with Gasteiger partial charge in [-0.15, -0.1) is 5.48 Å². The van der Waals surface area contributed by atoms with Crippen LogP contribution < -0.4 is 5.48 Å². The van der Waals surface area contributed by atoms with Gasteiger partial charge < -0.3 is 15.1 Å². The van der Waals surface area contributed by atoms with Gasteiger partial charge in [-0.25, -0.2) is 0 Å². The molecule has 0 amide bonds. The number of hydrogen-bond donors (Lipinski definition) is 3. The van der Waals surface area contributed by atoms with Crippen LogP contribution in [0.2, 0.25) is 0 Å². The molecule has 1 heterocycles. The fourth-order valence-electron chi connectivity index (χ4n) is 2.86. The van der Waals surface area contributed by atoms with Gasteiger partial charge in [0.15, 0.2) is 0 Å².